The van der Waals surface area contributed by atoms with Crippen LogP contribution in [0.15, 0.2) is 42.6 Å². The molecular formula is C22H29N3O. The van der Waals surface area contributed by atoms with E-state index in [9.17, 15) is 4.79 Å². The summed E-state index contributed by atoms with van der Waals surface area (Å²) in [5.74, 6) is -0.172. The number of amides is 1. The zero-order valence-corrected chi connectivity index (χ0v) is 16.0. The summed E-state index contributed by atoms with van der Waals surface area (Å²) in [5.41, 5.74) is 3.33. The van der Waals surface area contributed by atoms with Crippen LogP contribution < -0.4 is 10.6 Å². The Balaban J connectivity index is 1.73. The van der Waals surface area contributed by atoms with Gasteiger partial charge in [-0.15, -0.1) is 0 Å². The van der Waals surface area contributed by atoms with E-state index in [0.717, 1.165) is 16.9 Å². The molecule has 4 nitrogen and oxygen atoms in total. The third-order valence-corrected chi connectivity index (χ3v) is 4.95. The number of para-hydroxylation sites is 1. The number of aromatic nitrogens is 1. The summed E-state index contributed by atoms with van der Waals surface area (Å²) in [6, 6.07) is 12.2. The molecule has 1 amide bonds. The van der Waals surface area contributed by atoms with Crippen molar-refractivity contribution in [1.82, 2.24) is 4.98 Å². The van der Waals surface area contributed by atoms with E-state index in [4.69, 9.17) is 0 Å². The van der Waals surface area contributed by atoms with Crippen LogP contribution in [-0.2, 0) is 5.41 Å². The van der Waals surface area contributed by atoms with E-state index in [1.165, 1.54) is 32.1 Å². The molecule has 1 saturated carbocycles. The normalized spacial score (nSPS) is 15.5. The first-order chi connectivity index (χ1) is 12.4. The van der Waals surface area contributed by atoms with Gasteiger partial charge in [0, 0.05) is 23.6 Å². The summed E-state index contributed by atoms with van der Waals surface area (Å²) < 4.78 is 0. The van der Waals surface area contributed by atoms with Gasteiger partial charge in [-0.2, -0.15) is 0 Å². The summed E-state index contributed by atoms with van der Waals surface area (Å²) in [6.45, 7) is 6.43. The van der Waals surface area contributed by atoms with Gasteiger partial charge in [-0.25, -0.2) is 0 Å². The molecule has 1 aliphatic carbocycles. The number of hydrogen-bond donors (Lipinski definition) is 2. The SMILES string of the molecule is CC(C)(C)c1ccccc1NC(=O)c1cc(NC2CCCCC2)ccn1. The van der Waals surface area contributed by atoms with Crippen molar-refractivity contribution in [3.8, 4) is 0 Å². The summed E-state index contributed by atoms with van der Waals surface area (Å²) in [6.07, 6.45) is 7.98. The Morgan fingerprint density at radius 2 is 1.81 bits per heavy atom. The van der Waals surface area contributed by atoms with Crippen molar-refractivity contribution in [2.75, 3.05) is 10.6 Å². The molecule has 0 radical (unpaired) electrons. The maximum Gasteiger partial charge on any atom is 0.274 e. The number of nitrogens with one attached hydrogen (secondary N) is 2. The first-order valence-electron chi connectivity index (χ1n) is 9.57. The summed E-state index contributed by atoms with van der Waals surface area (Å²) in [5, 5.41) is 6.59. The topological polar surface area (TPSA) is 54.0 Å². The van der Waals surface area contributed by atoms with Gasteiger partial charge >= 0.3 is 0 Å². The lowest BCUT2D eigenvalue weighted by atomic mass is 9.86. The van der Waals surface area contributed by atoms with Crippen LogP contribution >= 0.6 is 0 Å². The molecule has 1 aromatic carbocycles. The van der Waals surface area contributed by atoms with E-state index >= 15 is 0 Å². The van der Waals surface area contributed by atoms with Crippen molar-refractivity contribution in [2.24, 2.45) is 0 Å². The van der Waals surface area contributed by atoms with E-state index in [0.29, 0.717) is 11.7 Å². The molecule has 1 heterocycles. The average molecular weight is 351 g/mol. The molecule has 0 atom stereocenters. The molecular weight excluding hydrogens is 322 g/mol. The quantitative estimate of drug-likeness (QED) is 0.778. The van der Waals surface area contributed by atoms with Gasteiger partial charge in [-0.05, 0) is 42.0 Å². The maximum atomic E-state index is 12.7. The van der Waals surface area contributed by atoms with Crippen LogP contribution in [0.25, 0.3) is 0 Å². The highest BCUT2D eigenvalue weighted by atomic mass is 16.1. The van der Waals surface area contributed by atoms with Gasteiger partial charge < -0.3 is 10.6 Å². The Hall–Kier alpha value is -2.36. The van der Waals surface area contributed by atoms with Crippen molar-refractivity contribution in [2.45, 2.75) is 64.3 Å². The number of anilines is 2. The van der Waals surface area contributed by atoms with Crippen LogP contribution in [-0.4, -0.2) is 16.9 Å². The Morgan fingerprint density at radius 3 is 2.54 bits per heavy atom. The minimum Gasteiger partial charge on any atom is -0.382 e. The molecule has 1 fully saturated rings. The third-order valence-electron chi connectivity index (χ3n) is 4.95. The monoisotopic (exact) mass is 351 g/mol. The highest BCUT2D eigenvalue weighted by Gasteiger charge is 2.20. The van der Waals surface area contributed by atoms with Crippen LogP contribution in [0.1, 0.15) is 68.9 Å². The number of pyridine rings is 1. The Morgan fingerprint density at radius 1 is 1.08 bits per heavy atom. The molecule has 2 aromatic rings. The Labute approximate surface area is 156 Å². The third kappa shape index (κ3) is 4.63. The van der Waals surface area contributed by atoms with Crippen LogP contribution in [0.5, 0.6) is 0 Å². The van der Waals surface area contributed by atoms with E-state index < -0.39 is 0 Å². The van der Waals surface area contributed by atoms with Gasteiger partial charge in [0.25, 0.3) is 5.91 Å². The molecule has 0 saturated heterocycles. The highest BCUT2D eigenvalue weighted by Crippen LogP contribution is 2.29. The number of nitrogens with zero attached hydrogens (tertiary/aromatic N) is 1. The zero-order valence-electron chi connectivity index (χ0n) is 16.0. The first-order valence-corrected chi connectivity index (χ1v) is 9.57. The molecule has 0 spiro atoms. The molecule has 3 rings (SSSR count). The predicted molar refractivity (Wildman–Crippen MR) is 108 cm³/mol. The van der Waals surface area contributed by atoms with Crippen molar-refractivity contribution < 1.29 is 4.79 Å². The van der Waals surface area contributed by atoms with E-state index in [2.05, 4.69) is 42.5 Å². The number of rotatable bonds is 4. The molecule has 4 heteroatoms. The lowest BCUT2D eigenvalue weighted by molar-refractivity contribution is 0.102. The number of carbonyl (C=O) groups is 1. The van der Waals surface area contributed by atoms with Crippen LogP contribution in [0, 0.1) is 0 Å². The summed E-state index contributed by atoms with van der Waals surface area (Å²) in [4.78, 5) is 17.0. The number of hydrogen-bond acceptors (Lipinski definition) is 3. The lowest BCUT2D eigenvalue weighted by Gasteiger charge is -2.24. The van der Waals surface area contributed by atoms with Crippen LogP contribution in [0.2, 0.25) is 0 Å². The molecule has 138 valence electrons. The minimum atomic E-state index is -0.172. The molecule has 1 aromatic heterocycles. The largest absolute Gasteiger partial charge is 0.382 e. The highest BCUT2D eigenvalue weighted by molar-refractivity contribution is 6.03. The van der Waals surface area contributed by atoms with Gasteiger partial charge in [0.1, 0.15) is 5.69 Å². The van der Waals surface area contributed by atoms with Crippen LogP contribution in [0.4, 0.5) is 11.4 Å². The van der Waals surface area contributed by atoms with Crippen molar-refractivity contribution in [3.63, 3.8) is 0 Å². The summed E-state index contributed by atoms with van der Waals surface area (Å²) in [7, 11) is 0. The maximum absolute atomic E-state index is 12.7. The standard InChI is InChI=1S/C22H29N3O/c1-22(2,3)18-11-7-8-12-19(18)25-21(26)20-15-17(13-14-23-20)24-16-9-5-4-6-10-16/h7-8,11-16H,4-6,9-10H2,1-3H3,(H,23,24)(H,25,26). The Kier molecular flexibility index (Phi) is 5.60. The fourth-order valence-corrected chi connectivity index (χ4v) is 3.56. The number of benzene rings is 1. The summed E-state index contributed by atoms with van der Waals surface area (Å²) >= 11 is 0. The average Bonchev–Trinajstić information content (AvgIpc) is 2.62. The minimum absolute atomic E-state index is 0.0400. The van der Waals surface area contributed by atoms with Gasteiger partial charge in [-0.1, -0.05) is 58.2 Å². The van der Waals surface area contributed by atoms with Gasteiger partial charge in [0.15, 0.2) is 0 Å². The van der Waals surface area contributed by atoms with Gasteiger partial charge in [-0.3, -0.25) is 9.78 Å². The predicted octanol–water partition coefficient (Wildman–Crippen LogP) is 5.38. The fourth-order valence-electron chi connectivity index (χ4n) is 3.56. The van der Waals surface area contributed by atoms with E-state index in [1.807, 2.05) is 30.3 Å². The van der Waals surface area contributed by atoms with Crippen molar-refractivity contribution in [3.05, 3.63) is 53.9 Å². The second-order valence-electron chi connectivity index (χ2n) is 8.16. The van der Waals surface area contributed by atoms with Gasteiger partial charge in [0.2, 0.25) is 0 Å². The first kappa shape index (κ1) is 18.4. The molecule has 2 N–H and O–H groups in total. The smallest absolute Gasteiger partial charge is 0.274 e. The van der Waals surface area contributed by atoms with Crippen molar-refractivity contribution in [1.29, 1.82) is 0 Å². The van der Waals surface area contributed by atoms with Gasteiger partial charge in [0.05, 0.1) is 0 Å². The Bertz CT molecular complexity index is 758. The molecule has 0 aliphatic heterocycles. The lowest BCUT2D eigenvalue weighted by Crippen LogP contribution is -2.23. The second kappa shape index (κ2) is 7.90. The molecule has 0 unspecified atom stereocenters. The van der Waals surface area contributed by atoms with Crippen LogP contribution in [0.3, 0.4) is 0 Å². The fraction of sp³-hybridized carbons (Fsp3) is 0.455. The van der Waals surface area contributed by atoms with E-state index in [-0.39, 0.29) is 11.3 Å². The number of carbonyl (C=O) groups excluding carboxylic acids is 1. The van der Waals surface area contributed by atoms with Crippen molar-refractivity contribution >= 4 is 17.3 Å². The second-order valence-corrected chi connectivity index (χ2v) is 8.16. The molecule has 0 bridgehead atoms. The zero-order chi connectivity index (χ0) is 18.6. The van der Waals surface area contributed by atoms with E-state index in [1.54, 1.807) is 6.20 Å². The molecule has 1 aliphatic rings. The molecule has 26 heavy (non-hydrogen) atoms.